The maximum Gasteiger partial charge on any atom is 0.573 e. The number of carbonyl (C=O) groups excluding carboxylic acids is 1. The van der Waals surface area contributed by atoms with E-state index in [1.165, 1.54) is 35.3 Å². The van der Waals surface area contributed by atoms with E-state index in [-0.39, 0.29) is 23.7 Å². The second-order valence-corrected chi connectivity index (χ2v) is 9.50. The Kier molecular flexibility index (Phi) is 6.56. The van der Waals surface area contributed by atoms with Gasteiger partial charge in [-0.25, -0.2) is 14.5 Å². The smallest absolute Gasteiger partial charge is 0.406 e. The van der Waals surface area contributed by atoms with Crippen LogP contribution in [0.3, 0.4) is 0 Å². The fraction of sp³-hybridized carbons (Fsp3) is 0.250. The van der Waals surface area contributed by atoms with Gasteiger partial charge in [0.15, 0.2) is 5.82 Å². The number of amides is 2. The summed E-state index contributed by atoms with van der Waals surface area (Å²) < 4.78 is 42.5. The van der Waals surface area contributed by atoms with E-state index in [1.54, 1.807) is 0 Å². The fourth-order valence-electron chi connectivity index (χ4n) is 4.62. The average molecular weight is 522 g/mol. The van der Waals surface area contributed by atoms with E-state index < -0.39 is 6.36 Å². The summed E-state index contributed by atoms with van der Waals surface area (Å²) in [6.45, 7) is 6.00. The monoisotopic (exact) mass is 521 g/mol. The van der Waals surface area contributed by atoms with Crippen LogP contribution in [0.1, 0.15) is 34.6 Å². The number of alkyl halides is 3. The standard InChI is InChI=1S/C28H26F3N5O2/c1-16-12-17(2)25(18(3)13-16)34-27(37)33-24-14-23(24)19-4-6-20(7-5-19)26-32-15-36(35-26)21-8-10-22(11-9-21)38-28(29,30)31/h4-13,15,23-24H,14H2,1-3H3,(H2,33,34,37). The van der Waals surface area contributed by atoms with Crippen molar-refractivity contribution in [1.82, 2.24) is 20.1 Å². The molecule has 10 heteroatoms. The molecule has 3 aromatic carbocycles. The molecule has 1 aliphatic rings. The zero-order valence-corrected chi connectivity index (χ0v) is 21.0. The molecule has 1 saturated carbocycles. The quantitative estimate of drug-likeness (QED) is 0.306. The molecule has 0 bridgehead atoms. The lowest BCUT2D eigenvalue weighted by Gasteiger charge is -2.13. The SMILES string of the molecule is Cc1cc(C)c(NC(=O)NC2CC2c2ccc(-c3ncn(-c4ccc(OC(F)(F)F)cc4)n3)cc2)c(C)c1. The minimum atomic E-state index is -4.74. The van der Waals surface area contributed by atoms with Gasteiger partial charge in [0, 0.05) is 23.2 Å². The summed E-state index contributed by atoms with van der Waals surface area (Å²) in [4.78, 5) is 16.9. The predicted octanol–water partition coefficient (Wildman–Crippen LogP) is 6.44. The van der Waals surface area contributed by atoms with Crippen molar-refractivity contribution >= 4 is 11.7 Å². The molecule has 38 heavy (non-hydrogen) atoms. The Hall–Kier alpha value is -4.34. The fourth-order valence-corrected chi connectivity index (χ4v) is 4.62. The molecule has 0 aliphatic heterocycles. The van der Waals surface area contributed by atoms with Gasteiger partial charge in [0.25, 0.3) is 0 Å². The van der Waals surface area contributed by atoms with E-state index in [0.717, 1.165) is 39.9 Å². The van der Waals surface area contributed by atoms with Gasteiger partial charge in [0.05, 0.1) is 5.69 Å². The van der Waals surface area contributed by atoms with E-state index in [2.05, 4.69) is 25.5 Å². The minimum absolute atomic E-state index is 0.0635. The van der Waals surface area contributed by atoms with Crippen molar-refractivity contribution in [1.29, 1.82) is 0 Å². The van der Waals surface area contributed by atoms with Crippen molar-refractivity contribution in [3.8, 4) is 22.8 Å². The zero-order valence-electron chi connectivity index (χ0n) is 21.0. The Morgan fingerprint density at radius 3 is 2.29 bits per heavy atom. The molecule has 2 N–H and O–H groups in total. The van der Waals surface area contributed by atoms with Crippen LogP contribution in [0.4, 0.5) is 23.7 Å². The molecule has 0 spiro atoms. The van der Waals surface area contributed by atoms with Gasteiger partial charge in [0.2, 0.25) is 0 Å². The lowest BCUT2D eigenvalue weighted by Crippen LogP contribution is -2.31. The lowest BCUT2D eigenvalue weighted by molar-refractivity contribution is -0.274. The van der Waals surface area contributed by atoms with Gasteiger partial charge < -0.3 is 15.4 Å². The number of rotatable bonds is 6. The highest BCUT2D eigenvalue weighted by molar-refractivity contribution is 5.91. The number of ether oxygens (including phenoxy) is 1. The highest BCUT2D eigenvalue weighted by atomic mass is 19.4. The van der Waals surface area contributed by atoms with Crippen LogP contribution in [-0.2, 0) is 0 Å². The summed E-state index contributed by atoms with van der Waals surface area (Å²) in [5.41, 5.74) is 6.53. The number of carbonyl (C=O) groups is 1. The summed E-state index contributed by atoms with van der Waals surface area (Å²) in [6, 6.07) is 17.2. The summed E-state index contributed by atoms with van der Waals surface area (Å²) >= 11 is 0. The number of benzene rings is 3. The van der Waals surface area contributed by atoms with E-state index >= 15 is 0 Å². The third-order valence-corrected chi connectivity index (χ3v) is 6.45. The molecular formula is C28H26F3N5O2. The van der Waals surface area contributed by atoms with E-state index in [4.69, 9.17) is 0 Å². The number of aromatic nitrogens is 3. The molecule has 0 saturated heterocycles. The molecule has 196 valence electrons. The van der Waals surface area contributed by atoms with Crippen molar-refractivity contribution < 1.29 is 22.7 Å². The van der Waals surface area contributed by atoms with Crippen LogP contribution < -0.4 is 15.4 Å². The summed E-state index contributed by atoms with van der Waals surface area (Å²) in [6.07, 6.45) is -2.38. The number of aryl methyl sites for hydroxylation is 3. The van der Waals surface area contributed by atoms with Crippen LogP contribution in [-0.4, -0.2) is 33.2 Å². The Bertz CT molecular complexity index is 1440. The predicted molar refractivity (Wildman–Crippen MR) is 137 cm³/mol. The third-order valence-electron chi connectivity index (χ3n) is 6.45. The molecule has 1 aliphatic carbocycles. The van der Waals surface area contributed by atoms with Crippen molar-refractivity contribution in [3.05, 3.63) is 89.2 Å². The highest BCUT2D eigenvalue weighted by Crippen LogP contribution is 2.41. The van der Waals surface area contributed by atoms with Crippen molar-refractivity contribution in [2.45, 2.75) is 45.5 Å². The van der Waals surface area contributed by atoms with E-state index in [1.807, 2.05) is 57.2 Å². The first kappa shape index (κ1) is 25.3. The number of nitrogens with one attached hydrogen (secondary N) is 2. The van der Waals surface area contributed by atoms with Crippen LogP contribution >= 0.6 is 0 Å². The zero-order chi connectivity index (χ0) is 27.0. The normalized spacial score (nSPS) is 16.7. The summed E-state index contributed by atoms with van der Waals surface area (Å²) in [7, 11) is 0. The lowest BCUT2D eigenvalue weighted by atomic mass is 10.1. The molecular weight excluding hydrogens is 495 g/mol. The summed E-state index contributed by atoms with van der Waals surface area (Å²) in [5, 5.41) is 10.5. The number of halogens is 3. The molecule has 7 nitrogen and oxygen atoms in total. The topological polar surface area (TPSA) is 81.1 Å². The van der Waals surface area contributed by atoms with Crippen molar-refractivity contribution in [2.24, 2.45) is 0 Å². The molecule has 4 aromatic rings. The first-order valence-corrected chi connectivity index (χ1v) is 12.1. The van der Waals surface area contributed by atoms with Crippen molar-refractivity contribution in [3.63, 3.8) is 0 Å². The minimum Gasteiger partial charge on any atom is -0.406 e. The maximum atomic E-state index is 12.6. The average Bonchev–Trinajstić information content (AvgIpc) is 3.42. The largest absolute Gasteiger partial charge is 0.573 e. The molecule has 2 unspecified atom stereocenters. The first-order chi connectivity index (χ1) is 18.1. The molecule has 1 aromatic heterocycles. The van der Waals surface area contributed by atoms with Crippen LogP contribution in [0.5, 0.6) is 5.75 Å². The molecule has 5 rings (SSSR count). The van der Waals surface area contributed by atoms with Crippen LogP contribution in [0.25, 0.3) is 17.1 Å². The van der Waals surface area contributed by atoms with Gasteiger partial charge in [-0.05, 0) is 68.1 Å². The Morgan fingerprint density at radius 2 is 1.66 bits per heavy atom. The Balaban J connectivity index is 1.18. The molecule has 0 radical (unpaired) electrons. The Morgan fingerprint density at radius 1 is 1.00 bits per heavy atom. The number of hydrogen-bond acceptors (Lipinski definition) is 4. The van der Waals surface area contributed by atoms with Gasteiger partial charge in [-0.15, -0.1) is 18.3 Å². The third kappa shape index (κ3) is 5.80. The van der Waals surface area contributed by atoms with Crippen LogP contribution in [0, 0.1) is 20.8 Å². The number of urea groups is 1. The highest BCUT2D eigenvalue weighted by Gasteiger charge is 2.39. The van der Waals surface area contributed by atoms with Crippen LogP contribution in [0.2, 0.25) is 0 Å². The molecule has 1 heterocycles. The Labute approximate surface area is 217 Å². The second-order valence-electron chi connectivity index (χ2n) is 9.50. The molecule has 2 atom stereocenters. The van der Waals surface area contributed by atoms with Gasteiger partial charge in [-0.3, -0.25) is 0 Å². The van der Waals surface area contributed by atoms with Gasteiger partial charge in [-0.2, -0.15) is 0 Å². The number of hydrogen-bond donors (Lipinski definition) is 2. The van der Waals surface area contributed by atoms with E-state index in [0.29, 0.717) is 11.5 Å². The number of anilines is 1. The summed E-state index contributed by atoms with van der Waals surface area (Å²) in [5.74, 6) is 0.418. The van der Waals surface area contributed by atoms with Gasteiger partial charge in [0.1, 0.15) is 12.1 Å². The van der Waals surface area contributed by atoms with Crippen LogP contribution in [0.15, 0.2) is 67.0 Å². The van der Waals surface area contributed by atoms with Gasteiger partial charge >= 0.3 is 12.4 Å². The second kappa shape index (κ2) is 9.85. The first-order valence-electron chi connectivity index (χ1n) is 12.1. The van der Waals surface area contributed by atoms with Gasteiger partial charge in [-0.1, -0.05) is 42.0 Å². The number of nitrogens with zero attached hydrogens (tertiary/aromatic N) is 3. The molecule has 1 fully saturated rings. The van der Waals surface area contributed by atoms with E-state index in [9.17, 15) is 18.0 Å². The molecule has 2 amide bonds. The van der Waals surface area contributed by atoms with Crippen molar-refractivity contribution in [2.75, 3.05) is 5.32 Å². The maximum absolute atomic E-state index is 12.6.